The highest BCUT2D eigenvalue weighted by atomic mass is 35.5. The van der Waals surface area contributed by atoms with Crippen LogP contribution >= 0.6 is 11.6 Å². The number of rotatable bonds is 11. The maximum absolute atomic E-state index is 6.52. The van der Waals surface area contributed by atoms with E-state index >= 15 is 0 Å². The number of halogens is 1. The fourth-order valence-electron chi connectivity index (χ4n) is 3.39. The highest BCUT2D eigenvalue weighted by molar-refractivity contribution is 6.32. The third-order valence-corrected chi connectivity index (χ3v) is 5.80. The third kappa shape index (κ3) is 7.89. The van der Waals surface area contributed by atoms with Gasteiger partial charge in [-0.25, -0.2) is 0 Å². The van der Waals surface area contributed by atoms with Crippen molar-refractivity contribution in [3.05, 3.63) is 58.6 Å². The average molecular weight is 541 g/mol. The minimum atomic E-state index is 0.100. The van der Waals surface area contributed by atoms with E-state index in [1.54, 1.807) is 25.5 Å². The van der Waals surface area contributed by atoms with E-state index in [2.05, 4.69) is 53.4 Å². The molecule has 1 aromatic heterocycles. The van der Waals surface area contributed by atoms with Crippen molar-refractivity contribution in [3.8, 4) is 17.2 Å². The van der Waals surface area contributed by atoms with Gasteiger partial charge >= 0.3 is 0 Å². The van der Waals surface area contributed by atoms with Crippen LogP contribution in [0.25, 0.3) is 0 Å². The first-order chi connectivity index (χ1) is 18.0. The molecule has 1 heterocycles. The third-order valence-electron chi connectivity index (χ3n) is 5.52. The van der Waals surface area contributed by atoms with Gasteiger partial charge in [0.15, 0.2) is 17.3 Å². The summed E-state index contributed by atoms with van der Waals surface area (Å²) >= 11 is 6.52. The van der Waals surface area contributed by atoms with Gasteiger partial charge in [0.05, 0.1) is 18.3 Å². The fraction of sp³-hybridized carbons (Fsp3) is 0.393. The molecule has 0 saturated heterocycles. The zero-order valence-corrected chi connectivity index (χ0v) is 24.1. The van der Waals surface area contributed by atoms with Gasteiger partial charge in [0, 0.05) is 34.3 Å². The molecular weight excluding hydrogens is 504 g/mol. The molecule has 0 aliphatic heterocycles. The molecule has 0 atom stereocenters. The predicted molar refractivity (Wildman–Crippen MR) is 156 cm³/mol. The van der Waals surface area contributed by atoms with Gasteiger partial charge < -0.3 is 24.0 Å². The predicted octanol–water partition coefficient (Wildman–Crippen LogP) is 5.47. The van der Waals surface area contributed by atoms with Gasteiger partial charge in [-0.15, -0.1) is 0 Å². The highest BCUT2D eigenvalue weighted by Gasteiger charge is 2.14. The molecule has 3 rings (SSSR count). The maximum atomic E-state index is 6.52. The van der Waals surface area contributed by atoms with Crippen LogP contribution in [0.15, 0.2) is 47.6 Å². The Morgan fingerprint density at radius 1 is 0.947 bits per heavy atom. The van der Waals surface area contributed by atoms with Crippen LogP contribution in [-0.2, 0) is 5.41 Å². The number of ether oxygens (including phenoxy) is 3. The molecule has 10 heteroatoms. The summed E-state index contributed by atoms with van der Waals surface area (Å²) in [6.07, 6.45) is 1.63. The quantitative estimate of drug-likeness (QED) is 0.195. The lowest BCUT2D eigenvalue weighted by molar-refractivity contribution is 0.211. The average Bonchev–Trinajstić information content (AvgIpc) is 2.86. The Hall–Kier alpha value is -3.72. The van der Waals surface area contributed by atoms with E-state index in [0.717, 1.165) is 17.1 Å². The minimum Gasteiger partial charge on any atom is -0.493 e. The monoisotopic (exact) mass is 540 g/mol. The highest BCUT2D eigenvalue weighted by Crippen LogP contribution is 2.36. The second-order valence-electron chi connectivity index (χ2n) is 10.1. The Bertz CT molecular complexity index is 1210. The summed E-state index contributed by atoms with van der Waals surface area (Å²) < 4.78 is 17.2. The van der Waals surface area contributed by atoms with E-state index in [1.165, 1.54) is 5.56 Å². The number of hydrazone groups is 1. The minimum absolute atomic E-state index is 0.100. The van der Waals surface area contributed by atoms with Gasteiger partial charge in [0.1, 0.15) is 24.8 Å². The number of anilines is 3. The summed E-state index contributed by atoms with van der Waals surface area (Å²) in [6.45, 7) is 7.22. The maximum Gasteiger partial charge on any atom is 0.228 e. The summed E-state index contributed by atoms with van der Waals surface area (Å²) in [5, 5.41) is 4.72. The molecule has 3 aromatic rings. The van der Waals surface area contributed by atoms with Gasteiger partial charge in [-0.1, -0.05) is 44.5 Å². The van der Waals surface area contributed by atoms with Crippen molar-refractivity contribution in [3.63, 3.8) is 0 Å². The Kier molecular flexibility index (Phi) is 9.63. The lowest BCUT2D eigenvalue weighted by Gasteiger charge is -2.19. The molecule has 0 aliphatic rings. The van der Waals surface area contributed by atoms with E-state index in [4.69, 9.17) is 25.8 Å². The van der Waals surface area contributed by atoms with Gasteiger partial charge in [-0.2, -0.15) is 15.1 Å². The SMILES string of the molecule is COc1cc(/C=N\Nc2cc(N(C)C)nc(N(C)C)n2)cc(Cl)c1OCCOc1ccc(C(C)(C)C)cc1. The summed E-state index contributed by atoms with van der Waals surface area (Å²) in [5.74, 6) is 3.64. The number of nitrogens with zero attached hydrogens (tertiary/aromatic N) is 5. The van der Waals surface area contributed by atoms with Crippen LogP contribution in [0.3, 0.4) is 0 Å². The van der Waals surface area contributed by atoms with E-state index in [9.17, 15) is 0 Å². The Morgan fingerprint density at radius 3 is 2.24 bits per heavy atom. The van der Waals surface area contributed by atoms with E-state index in [-0.39, 0.29) is 5.41 Å². The van der Waals surface area contributed by atoms with Crippen molar-refractivity contribution in [2.45, 2.75) is 26.2 Å². The number of hydrogen-bond acceptors (Lipinski definition) is 9. The topological polar surface area (TPSA) is 84.3 Å². The van der Waals surface area contributed by atoms with E-state index in [0.29, 0.717) is 41.5 Å². The van der Waals surface area contributed by atoms with Crippen molar-refractivity contribution in [2.75, 3.05) is 63.7 Å². The smallest absolute Gasteiger partial charge is 0.228 e. The lowest BCUT2D eigenvalue weighted by Crippen LogP contribution is -2.17. The molecule has 0 radical (unpaired) electrons. The zero-order chi connectivity index (χ0) is 27.9. The Morgan fingerprint density at radius 2 is 1.63 bits per heavy atom. The van der Waals surface area contributed by atoms with Crippen LogP contribution in [0.1, 0.15) is 31.9 Å². The van der Waals surface area contributed by atoms with Crippen molar-refractivity contribution in [1.82, 2.24) is 9.97 Å². The van der Waals surface area contributed by atoms with Crippen LogP contribution < -0.4 is 29.4 Å². The molecule has 0 saturated carbocycles. The largest absolute Gasteiger partial charge is 0.493 e. The molecule has 38 heavy (non-hydrogen) atoms. The van der Waals surface area contributed by atoms with Gasteiger partial charge in [-0.05, 0) is 40.8 Å². The second-order valence-corrected chi connectivity index (χ2v) is 10.5. The number of aromatic nitrogens is 2. The molecule has 9 nitrogen and oxygen atoms in total. The number of nitrogens with one attached hydrogen (secondary N) is 1. The van der Waals surface area contributed by atoms with E-state index in [1.807, 2.05) is 56.2 Å². The molecular formula is C28H37ClN6O3. The molecule has 1 N–H and O–H groups in total. The number of benzene rings is 2. The Labute approximate surface area is 230 Å². The molecule has 0 unspecified atom stereocenters. The van der Waals surface area contributed by atoms with Gasteiger partial charge in [0.25, 0.3) is 0 Å². The second kappa shape index (κ2) is 12.7. The molecule has 0 spiro atoms. The van der Waals surface area contributed by atoms with Crippen molar-refractivity contribution >= 4 is 35.4 Å². The molecule has 2 aromatic carbocycles. The van der Waals surface area contributed by atoms with Crippen LogP contribution in [0.4, 0.5) is 17.6 Å². The first-order valence-electron chi connectivity index (χ1n) is 12.2. The van der Waals surface area contributed by atoms with Crippen molar-refractivity contribution < 1.29 is 14.2 Å². The lowest BCUT2D eigenvalue weighted by atomic mass is 9.87. The summed E-state index contributed by atoms with van der Waals surface area (Å²) in [4.78, 5) is 12.7. The van der Waals surface area contributed by atoms with Crippen LogP contribution in [0, 0.1) is 0 Å². The van der Waals surface area contributed by atoms with Crippen molar-refractivity contribution in [1.29, 1.82) is 0 Å². The van der Waals surface area contributed by atoms with Crippen LogP contribution in [0.5, 0.6) is 17.2 Å². The van der Waals surface area contributed by atoms with Crippen LogP contribution in [0.2, 0.25) is 5.02 Å². The number of hydrogen-bond donors (Lipinski definition) is 1. The molecule has 0 bridgehead atoms. The molecule has 0 amide bonds. The van der Waals surface area contributed by atoms with E-state index < -0.39 is 0 Å². The zero-order valence-electron chi connectivity index (χ0n) is 23.4. The normalized spacial score (nSPS) is 11.4. The molecule has 0 fully saturated rings. The van der Waals surface area contributed by atoms with Gasteiger partial charge in [-0.3, -0.25) is 5.43 Å². The first kappa shape index (κ1) is 28.8. The van der Waals surface area contributed by atoms with Crippen LogP contribution in [-0.4, -0.2) is 64.7 Å². The molecule has 0 aliphatic carbocycles. The van der Waals surface area contributed by atoms with Crippen molar-refractivity contribution in [2.24, 2.45) is 5.10 Å². The fourth-order valence-corrected chi connectivity index (χ4v) is 3.66. The standard InChI is InChI=1S/C28H37ClN6O3/c1-28(2,3)20-9-11-21(12-10-20)37-13-14-38-26-22(29)15-19(16-23(26)36-8)18-30-33-24-17-25(34(4)5)32-27(31-24)35(6)7/h9-12,15-18H,13-14H2,1-8H3,(H,31,32,33)/b30-18-. The summed E-state index contributed by atoms with van der Waals surface area (Å²) in [6, 6.07) is 13.5. The number of methoxy groups -OCH3 is 1. The molecule has 204 valence electrons. The summed E-state index contributed by atoms with van der Waals surface area (Å²) in [5.41, 5.74) is 5.05. The summed E-state index contributed by atoms with van der Waals surface area (Å²) in [7, 11) is 9.18. The Balaban J connectivity index is 1.62. The van der Waals surface area contributed by atoms with Gasteiger partial charge in [0.2, 0.25) is 5.95 Å². The first-order valence-corrected chi connectivity index (χ1v) is 12.6.